The molecule has 0 bridgehead atoms. The van der Waals surface area contributed by atoms with E-state index in [1.165, 1.54) is 0 Å². The molecule has 0 radical (unpaired) electrons. The number of nitrogens with zero attached hydrogens (tertiary/aromatic N) is 5. The van der Waals surface area contributed by atoms with E-state index >= 15 is 0 Å². The lowest BCUT2D eigenvalue weighted by atomic mass is 10.1. The van der Waals surface area contributed by atoms with Crippen molar-refractivity contribution in [2.75, 3.05) is 19.6 Å². The van der Waals surface area contributed by atoms with Crippen molar-refractivity contribution < 1.29 is 0 Å². The Hall–Kier alpha value is -1.37. The molecule has 1 fully saturated rings. The van der Waals surface area contributed by atoms with E-state index in [2.05, 4.69) is 58.0 Å². The molecule has 2 aromatic rings. The molecule has 1 saturated heterocycles. The minimum Gasteiger partial charge on any atom is -0.337 e. The summed E-state index contributed by atoms with van der Waals surface area (Å²) in [6.45, 7) is 8.16. The lowest BCUT2D eigenvalue weighted by Gasteiger charge is -2.35. The highest BCUT2D eigenvalue weighted by Gasteiger charge is 2.27. The molecule has 1 atom stereocenters. The minimum absolute atomic E-state index is 0. The van der Waals surface area contributed by atoms with Crippen LogP contribution in [0.2, 0.25) is 0 Å². The van der Waals surface area contributed by atoms with Gasteiger partial charge in [0, 0.05) is 57.9 Å². The second-order valence-corrected chi connectivity index (χ2v) is 5.97. The van der Waals surface area contributed by atoms with E-state index in [0.29, 0.717) is 12.1 Å². The van der Waals surface area contributed by atoms with Gasteiger partial charge in [0.25, 0.3) is 0 Å². The minimum atomic E-state index is 0. The van der Waals surface area contributed by atoms with Crippen LogP contribution in [0.4, 0.5) is 0 Å². The Morgan fingerprint density at radius 3 is 2.82 bits per heavy atom. The monoisotopic (exact) mass is 324 g/mol. The van der Waals surface area contributed by atoms with E-state index in [0.717, 1.165) is 37.7 Å². The van der Waals surface area contributed by atoms with Gasteiger partial charge in [0.2, 0.25) is 0 Å². The Morgan fingerprint density at radius 2 is 2.18 bits per heavy atom. The quantitative estimate of drug-likeness (QED) is 0.931. The third-order valence-corrected chi connectivity index (χ3v) is 4.07. The maximum Gasteiger partial charge on any atom is 0.127 e. The fraction of sp³-hybridized carbons (Fsp3) is 0.600. The van der Waals surface area contributed by atoms with Crippen LogP contribution in [-0.2, 0) is 13.6 Å². The van der Waals surface area contributed by atoms with Gasteiger partial charge in [-0.05, 0) is 19.9 Å². The van der Waals surface area contributed by atoms with Gasteiger partial charge >= 0.3 is 0 Å². The third kappa shape index (κ3) is 3.51. The van der Waals surface area contributed by atoms with Crippen molar-refractivity contribution in [1.29, 1.82) is 0 Å². The van der Waals surface area contributed by atoms with Crippen molar-refractivity contribution in [3.8, 4) is 0 Å². The molecule has 6 nitrogen and oxygen atoms in total. The molecule has 2 aromatic heterocycles. The predicted octanol–water partition coefficient (Wildman–Crippen LogP) is 1.77. The molecule has 1 N–H and O–H groups in total. The summed E-state index contributed by atoms with van der Waals surface area (Å²) >= 11 is 0. The lowest BCUT2D eigenvalue weighted by molar-refractivity contribution is 0.142. The SMILES string of the molecule is CC(C)n1ccc(CN2CCNCC2c2nccn2C)n1.Cl. The molecule has 0 aromatic carbocycles. The van der Waals surface area contributed by atoms with E-state index in [1.54, 1.807) is 0 Å². The van der Waals surface area contributed by atoms with Crippen molar-refractivity contribution in [3.63, 3.8) is 0 Å². The molecule has 122 valence electrons. The number of nitrogens with one attached hydrogen (secondary N) is 1. The summed E-state index contributed by atoms with van der Waals surface area (Å²) in [7, 11) is 2.06. The van der Waals surface area contributed by atoms with Gasteiger partial charge < -0.3 is 9.88 Å². The number of imidazole rings is 1. The Balaban J connectivity index is 0.00000176. The van der Waals surface area contributed by atoms with Crippen LogP contribution in [-0.4, -0.2) is 43.9 Å². The van der Waals surface area contributed by atoms with Crippen molar-refractivity contribution in [3.05, 3.63) is 36.2 Å². The van der Waals surface area contributed by atoms with E-state index in [4.69, 9.17) is 0 Å². The van der Waals surface area contributed by atoms with Crippen molar-refractivity contribution in [2.24, 2.45) is 7.05 Å². The number of hydrogen-bond donors (Lipinski definition) is 1. The summed E-state index contributed by atoms with van der Waals surface area (Å²) in [5.41, 5.74) is 1.13. The fourth-order valence-electron chi connectivity index (χ4n) is 2.85. The smallest absolute Gasteiger partial charge is 0.127 e. The first kappa shape index (κ1) is 17.0. The highest BCUT2D eigenvalue weighted by molar-refractivity contribution is 5.85. The van der Waals surface area contributed by atoms with Crippen LogP contribution in [0, 0.1) is 0 Å². The molecule has 0 saturated carbocycles. The predicted molar refractivity (Wildman–Crippen MR) is 89.1 cm³/mol. The maximum absolute atomic E-state index is 4.67. The first-order valence-corrected chi connectivity index (χ1v) is 7.61. The number of aryl methyl sites for hydroxylation is 1. The molecule has 3 heterocycles. The molecule has 22 heavy (non-hydrogen) atoms. The molecule has 0 spiro atoms. The fourth-order valence-corrected chi connectivity index (χ4v) is 2.85. The molecular weight excluding hydrogens is 300 g/mol. The van der Waals surface area contributed by atoms with E-state index in [9.17, 15) is 0 Å². The van der Waals surface area contributed by atoms with Gasteiger partial charge in [-0.25, -0.2) is 4.98 Å². The average Bonchev–Trinajstić information content (AvgIpc) is 3.09. The Labute approximate surface area is 137 Å². The van der Waals surface area contributed by atoms with Crippen LogP contribution in [0.1, 0.15) is 37.4 Å². The van der Waals surface area contributed by atoms with E-state index < -0.39 is 0 Å². The molecule has 1 aliphatic rings. The molecule has 1 unspecified atom stereocenters. The van der Waals surface area contributed by atoms with E-state index in [-0.39, 0.29) is 12.4 Å². The van der Waals surface area contributed by atoms with Crippen LogP contribution in [0.3, 0.4) is 0 Å². The van der Waals surface area contributed by atoms with Crippen molar-refractivity contribution >= 4 is 12.4 Å². The van der Waals surface area contributed by atoms with Crippen LogP contribution in [0.5, 0.6) is 0 Å². The molecule has 0 amide bonds. The van der Waals surface area contributed by atoms with Gasteiger partial charge in [-0.2, -0.15) is 5.10 Å². The molecular formula is C15H25ClN6. The number of aromatic nitrogens is 4. The zero-order valence-electron chi connectivity index (χ0n) is 13.4. The van der Waals surface area contributed by atoms with Crippen LogP contribution in [0.25, 0.3) is 0 Å². The largest absolute Gasteiger partial charge is 0.337 e. The molecule has 7 heteroatoms. The standard InChI is InChI=1S/C15H24N6.ClH/c1-12(2)21-7-4-13(18-21)11-20-9-5-16-10-14(20)15-17-6-8-19(15)3;/h4,6-8,12,14,16H,5,9-11H2,1-3H3;1H. The summed E-state index contributed by atoms with van der Waals surface area (Å²) in [6.07, 6.45) is 5.95. The lowest BCUT2D eigenvalue weighted by Crippen LogP contribution is -2.46. The highest BCUT2D eigenvalue weighted by Crippen LogP contribution is 2.22. The van der Waals surface area contributed by atoms with Crippen molar-refractivity contribution in [2.45, 2.75) is 32.5 Å². The van der Waals surface area contributed by atoms with Crippen LogP contribution >= 0.6 is 12.4 Å². The number of hydrogen-bond acceptors (Lipinski definition) is 4. The van der Waals surface area contributed by atoms with Gasteiger partial charge in [0.05, 0.1) is 11.7 Å². The summed E-state index contributed by atoms with van der Waals surface area (Å²) in [5, 5.41) is 8.14. The number of rotatable bonds is 4. The zero-order valence-corrected chi connectivity index (χ0v) is 14.3. The van der Waals surface area contributed by atoms with Crippen LogP contribution < -0.4 is 5.32 Å². The zero-order chi connectivity index (χ0) is 14.8. The van der Waals surface area contributed by atoms with Gasteiger partial charge in [0.1, 0.15) is 5.82 Å². The summed E-state index contributed by atoms with van der Waals surface area (Å²) in [4.78, 5) is 6.98. The van der Waals surface area contributed by atoms with Crippen molar-refractivity contribution in [1.82, 2.24) is 29.5 Å². The van der Waals surface area contributed by atoms with E-state index in [1.807, 2.05) is 17.1 Å². The number of halogens is 1. The Kier molecular flexibility index (Phi) is 5.61. The normalized spacial score (nSPS) is 19.4. The summed E-state index contributed by atoms with van der Waals surface area (Å²) in [6, 6.07) is 2.84. The molecule has 1 aliphatic heterocycles. The first-order chi connectivity index (χ1) is 10.1. The first-order valence-electron chi connectivity index (χ1n) is 7.61. The van der Waals surface area contributed by atoms with Gasteiger partial charge in [-0.1, -0.05) is 0 Å². The average molecular weight is 325 g/mol. The second kappa shape index (κ2) is 7.26. The van der Waals surface area contributed by atoms with Crippen LogP contribution in [0.15, 0.2) is 24.7 Å². The molecule has 3 rings (SSSR count). The maximum atomic E-state index is 4.67. The van der Waals surface area contributed by atoms with Gasteiger partial charge in [-0.3, -0.25) is 9.58 Å². The summed E-state index contributed by atoms with van der Waals surface area (Å²) in [5.74, 6) is 1.12. The Bertz CT molecular complexity index is 590. The van der Waals surface area contributed by atoms with Gasteiger partial charge in [-0.15, -0.1) is 12.4 Å². The topological polar surface area (TPSA) is 50.9 Å². The number of piperazine rings is 1. The Morgan fingerprint density at radius 1 is 1.36 bits per heavy atom. The highest BCUT2D eigenvalue weighted by atomic mass is 35.5. The summed E-state index contributed by atoms with van der Waals surface area (Å²) < 4.78 is 4.13. The third-order valence-electron chi connectivity index (χ3n) is 4.07. The van der Waals surface area contributed by atoms with Gasteiger partial charge in [0.15, 0.2) is 0 Å². The second-order valence-electron chi connectivity index (χ2n) is 5.97. The molecule has 0 aliphatic carbocycles.